The minimum absolute atomic E-state index is 0.00896. The zero-order valence-electron chi connectivity index (χ0n) is 21.8. The molecule has 6 rings (SSSR count). The third kappa shape index (κ3) is 4.78. The Morgan fingerprint density at radius 3 is 2.58 bits per heavy atom. The van der Waals surface area contributed by atoms with E-state index in [2.05, 4.69) is 24.7 Å². The lowest BCUT2D eigenvalue weighted by atomic mass is 10.0. The number of likely N-dealkylation sites (tertiary alicyclic amines) is 1. The molecule has 0 aliphatic carbocycles. The number of ether oxygens (including phenoxy) is 1. The van der Waals surface area contributed by atoms with Crippen LogP contribution in [-0.2, 0) is 18.3 Å². The third-order valence-corrected chi connectivity index (χ3v) is 7.77. The number of nitrogens with zero attached hydrogens (tertiary/aromatic N) is 7. The lowest BCUT2D eigenvalue weighted by Crippen LogP contribution is -2.48. The summed E-state index contributed by atoms with van der Waals surface area (Å²) in [6, 6.07) is 8.52. The number of nitrogen functional groups attached to an aromatic ring is 1. The van der Waals surface area contributed by atoms with Gasteiger partial charge in [0, 0.05) is 63.0 Å². The number of piperidine rings is 1. The van der Waals surface area contributed by atoms with Gasteiger partial charge in [-0.2, -0.15) is 0 Å². The van der Waals surface area contributed by atoms with Crippen LogP contribution in [-0.4, -0.2) is 98.0 Å². The molecule has 2 fully saturated rings. The Morgan fingerprint density at radius 1 is 1.05 bits per heavy atom. The molecule has 11 heteroatoms. The summed E-state index contributed by atoms with van der Waals surface area (Å²) in [5.74, 6) is 2.57. The van der Waals surface area contributed by atoms with Gasteiger partial charge < -0.3 is 25.5 Å². The predicted octanol–water partition coefficient (Wildman–Crippen LogP) is 1.86. The van der Waals surface area contributed by atoms with Crippen molar-refractivity contribution in [1.29, 1.82) is 0 Å². The van der Waals surface area contributed by atoms with Crippen LogP contribution in [0.4, 0.5) is 11.6 Å². The summed E-state index contributed by atoms with van der Waals surface area (Å²) in [7, 11) is 2.01. The summed E-state index contributed by atoms with van der Waals surface area (Å²) in [6.45, 7) is 6.97. The Balaban J connectivity index is 1.30. The molecule has 38 heavy (non-hydrogen) atoms. The van der Waals surface area contributed by atoms with Gasteiger partial charge in [-0.15, -0.1) is 0 Å². The molecule has 0 amide bonds. The monoisotopic (exact) mass is 517 g/mol. The van der Waals surface area contributed by atoms with Gasteiger partial charge >= 0.3 is 0 Å². The molecule has 0 saturated carbocycles. The molecule has 2 aliphatic rings. The molecule has 4 N–H and O–H groups in total. The van der Waals surface area contributed by atoms with Crippen molar-refractivity contribution < 1.29 is 9.84 Å². The van der Waals surface area contributed by atoms with Gasteiger partial charge in [-0.25, -0.2) is 19.9 Å². The quantitative estimate of drug-likeness (QED) is 0.334. The first-order chi connectivity index (χ1) is 18.6. The third-order valence-electron chi connectivity index (χ3n) is 7.77. The average molecular weight is 518 g/mol. The minimum Gasteiger partial charge on any atom is -0.395 e. The maximum Gasteiger partial charge on any atom is 0.166 e. The van der Waals surface area contributed by atoms with Crippen LogP contribution in [0.15, 0.2) is 30.5 Å². The largest absolute Gasteiger partial charge is 0.395 e. The maximum absolute atomic E-state index is 9.48. The van der Waals surface area contributed by atoms with E-state index in [1.165, 1.54) is 0 Å². The van der Waals surface area contributed by atoms with Crippen LogP contribution < -0.4 is 11.1 Å². The zero-order chi connectivity index (χ0) is 26.1. The van der Waals surface area contributed by atoms with Gasteiger partial charge in [0.2, 0.25) is 0 Å². The number of benzene rings is 1. The molecule has 0 radical (unpaired) electrons. The number of morpholine rings is 1. The highest BCUT2D eigenvalue weighted by Gasteiger charge is 2.27. The van der Waals surface area contributed by atoms with Crippen molar-refractivity contribution >= 4 is 33.6 Å². The van der Waals surface area contributed by atoms with E-state index in [1.54, 1.807) is 6.20 Å². The molecule has 0 atom stereocenters. The van der Waals surface area contributed by atoms with Gasteiger partial charge in [0.05, 0.1) is 26.4 Å². The fourth-order valence-electron chi connectivity index (χ4n) is 5.64. The van der Waals surface area contributed by atoms with Crippen molar-refractivity contribution in [3.63, 3.8) is 0 Å². The van der Waals surface area contributed by atoms with Gasteiger partial charge in [0.15, 0.2) is 22.8 Å². The van der Waals surface area contributed by atoms with E-state index in [4.69, 9.17) is 25.4 Å². The molecule has 200 valence electrons. The summed E-state index contributed by atoms with van der Waals surface area (Å²) >= 11 is 0. The molecule has 0 spiro atoms. The SMILES string of the molecule is Cn1c(CN2CCC(N3CCOCC3)CC2)nc2c(NCCO)nc(-c3cnc(N)c4ccccc34)nc21. The van der Waals surface area contributed by atoms with Gasteiger partial charge in [-0.05, 0) is 18.2 Å². The Labute approximate surface area is 221 Å². The standard InChI is InChI=1S/C27H35N9O2/c1-34-22(17-35-9-6-18(7-10-35)36-11-14-38-15-12-36)31-23-26(29-8-13-37)32-25(33-27(23)34)21-16-30-24(28)20-5-3-2-4-19(20)21/h2-5,16,18,37H,6-15,17H2,1H3,(H2,28,30)(H,29,32,33). The maximum atomic E-state index is 9.48. The van der Waals surface area contributed by atoms with E-state index in [0.717, 1.165) is 86.6 Å². The van der Waals surface area contributed by atoms with E-state index in [1.807, 2.05) is 31.3 Å². The second-order valence-corrected chi connectivity index (χ2v) is 10.1. The van der Waals surface area contributed by atoms with Gasteiger partial charge in [0.1, 0.15) is 11.6 Å². The molecule has 0 bridgehead atoms. The molecular formula is C27H35N9O2. The van der Waals surface area contributed by atoms with Crippen LogP contribution >= 0.6 is 0 Å². The minimum atomic E-state index is -0.00896. The predicted molar refractivity (Wildman–Crippen MR) is 148 cm³/mol. The average Bonchev–Trinajstić information content (AvgIpc) is 3.28. The molecule has 4 aromatic rings. The Kier molecular flexibility index (Phi) is 7.07. The molecular weight excluding hydrogens is 482 g/mol. The fraction of sp³-hybridized carbons (Fsp3) is 0.481. The summed E-state index contributed by atoms with van der Waals surface area (Å²) < 4.78 is 7.59. The van der Waals surface area contributed by atoms with Crippen LogP contribution in [0.5, 0.6) is 0 Å². The highest BCUT2D eigenvalue weighted by atomic mass is 16.5. The number of anilines is 2. The van der Waals surface area contributed by atoms with Crippen molar-refractivity contribution in [3.8, 4) is 11.4 Å². The smallest absolute Gasteiger partial charge is 0.166 e. The number of imidazole rings is 1. The summed E-state index contributed by atoms with van der Waals surface area (Å²) in [4.78, 5) is 24.2. The van der Waals surface area contributed by atoms with E-state index in [9.17, 15) is 5.11 Å². The number of hydrogen-bond acceptors (Lipinski definition) is 10. The molecule has 2 saturated heterocycles. The van der Waals surface area contributed by atoms with E-state index >= 15 is 0 Å². The topological polar surface area (TPSA) is 130 Å². The second-order valence-electron chi connectivity index (χ2n) is 10.1. The Bertz CT molecular complexity index is 1430. The first kappa shape index (κ1) is 24.9. The zero-order valence-corrected chi connectivity index (χ0v) is 21.8. The Hall–Kier alpha value is -3.38. The van der Waals surface area contributed by atoms with E-state index < -0.39 is 0 Å². The number of pyridine rings is 1. The summed E-state index contributed by atoms with van der Waals surface area (Å²) in [5, 5.41) is 14.5. The fourth-order valence-corrected chi connectivity index (χ4v) is 5.64. The van der Waals surface area contributed by atoms with Crippen LogP contribution in [0.3, 0.4) is 0 Å². The number of nitrogens with two attached hydrogens (primary N) is 1. The van der Waals surface area contributed by atoms with E-state index in [-0.39, 0.29) is 6.61 Å². The number of hydrogen-bond donors (Lipinski definition) is 3. The number of nitrogens with one attached hydrogen (secondary N) is 1. The van der Waals surface area contributed by atoms with Crippen molar-refractivity contribution in [2.24, 2.45) is 7.05 Å². The van der Waals surface area contributed by atoms with Gasteiger partial charge in [0.25, 0.3) is 0 Å². The Morgan fingerprint density at radius 2 is 1.82 bits per heavy atom. The number of aliphatic hydroxyl groups excluding tert-OH is 1. The second kappa shape index (κ2) is 10.8. The van der Waals surface area contributed by atoms with E-state index in [0.29, 0.717) is 35.6 Å². The molecule has 11 nitrogen and oxygen atoms in total. The number of fused-ring (bicyclic) bond motifs is 2. The first-order valence-electron chi connectivity index (χ1n) is 13.4. The normalized spacial score (nSPS) is 17.9. The van der Waals surface area contributed by atoms with Crippen LogP contribution in [0.1, 0.15) is 18.7 Å². The lowest BCUT2D eigenvalue weighted by molar-refractivity contribution is -0.0000147. The number of aromatic nitrogens is 5. The van der Waals surface area contributed by atoms with Gasteiger partial charge in [-0.3, -0.25) is 9.80 Å². The van der Waals surface area contributed by atoms with Crippen molar-refractivity contribution in [2.45, 2.75) is 25.4 Å². The summed E-state index contributed by atoms with van der Waals surface area (Å²) in [5.41, 5.74) is 8.39. The van der Waals surface area contributed by atoms with Crippen LogP contribution in [0.2, 0.25) is 0 Å². The molecule has 2 aliphatic heterocycles. The lowest BCUT2D eigenvalue weighted by Gasteiger charge is -2.39. The highest BCUT2D eigenvalue weighted by molar-refractivity contribution is 6.00. The molecule has 5 heterocycles. The van der Waals surface area contributed by atoms with Gasteiger partial charge in [-0.1, -0.05) is 24.3 Å². The molecule has 3 aromatic heterocycles. The number of rotatable bonds is 7. The van der Waals surface area contributed by atoms with Crippen molar-refractivity contribution in [2.75, 3.05) is 63.6 Å². The molecule has 1 aromatic carbocycles. The van der Waals surface area contributed by atoms with Crippen LogP contribution in [0.25, 0.3) is 33.3 Å². The molecule has 0 unspecified atom stereocenters. The van der Waals surface area contributed by atoms with Crippen LogP contribution in [0, 0.1) is 0 Å². The number of aryl methyl sites for hydroxylation is 1. The number of aliphatic hydroxyl groups is 1. The van der Waals surface area contributed by atoms with Crippen molar-refractivity contribution in [3.05, 3.63) is 36.3 Å². The van der Waals surface area contributed by atoms with Crippen molar-refractivity contribution in [1.82, 2.24) is 34.3 Å². The first-order valence-corrected chi connectivity index (χ1v) is 13.4. The summed E-state index contributed by atoms with van der Waals surface area (Å²) in [6.07, 6.45) is 4.05. The highest BCUT2D eigenvalue weighted by Crippen LogP contribution is 2.31.